The molecule has 0 unspecified atom stereocenters. The predicted octanol–water partition coefficient (Wildman–Crippen LogP) is 1.33. The maximum absolute atomic E-state index is 11.0. The summed E-state index contributed by atoms with van der Waals surface area (Å²) in [4.78, 5) is 13.0. The molecule has 0 aliphatic heterocycles. The summed E-state index contributed by atoms with van der Waals surface area (Å²) in [7, 11) is 5.35. The van der Waals surface area contributed by atoms with Gasteiger partial charge in [-0.1, -0.05) is 0 Å². The van der Waals surface area contributed by atoms with Crippen molar-refractivity contribution in [2.45, 2.75) is 0 Å². The molecular formula is C12H17NO4. The number of hydrogen-bond donors (Lipinski definition) is 1. The van der Waals surface area contributed by atoms with Crippen molar-refractivity contribution in [1.82, 2.24) is 4.90 Å². The van der Waals surface area contributed by atoms with Crippen molar-refractivity contribution in [2.75, 3.05) is 34.4 Å². The number of likely N-dealkylation sites (N-methyl/N-ethyl adjacent to an activating group) is 1. The quantitative estimate of drug-likeness (QED) is 0.811. The van der Waals surface area contributed by atoms with Gasteiger partial charge in [0.25, 0.3) is 0 Å². The second kappa shape index (κ2) is 6.10. The second-order valence-electron chi connectivity index (χ2n) is 3.82. The van der Waals surface area contributed by atoms with Gasteiger partial charge in [0, 0.05) is 6.54 Å². The topological polar surface area (TPSA) is 59.0 Å². The number of benzene rings is 1. The molecule has 0 fully saturated rings. The summed E-state index contributed by atoms with van der Waals surface area (Å²) in [5.74, 6) is -0.161. The van der Waals surface area contributed by atoms with Crippen LogP contribution in [-0.2, 0) is 0 Å². The Morgan fingerprint density at radius 2 is 2.12 bits per heavy atom. The van der Waals surface area contributed by atoms with Crippen molar-refractivity contribution in [3.63, 3.8) is 0 Å². The highest BCUT2D eigenvalue weighted by molar-refractivity contribution is 5.91. The van der Waals surface area contributed by atoms with Gasteiger partial charge in [0.1, 0.15) is 23.7 Å². The van der Waals surface area contributed by atoms with Gasteiger partial charge in [-0.2, -0.15) is 0 Å². The van der Waals surface area contributed by atoms with E-state index in [1.165, 1.54) is 13.2 Å². The van der Waals surface area contributed by atoms with Gasteiger partial charge in [-0.05, 0) is 32.3 Å². The van der Waals surface area contributed by atoms with Crippen molar-refractivity contribution < 1.29 is 19.4 Å². The third-order valence-electron chi connectivity index (χ3n) is 2.21. The maximum Gasteiger partial charge on any atom is 0.339 e. The van der Waals surface area contributed by atoms with Gasteiger partial charge in [0.15, 0.2) is 0 Å². The number of aromatic carboxylic acids is 1. The second-order valence-corrected chi connectivity index (χ2v) is 3.82. The van der Waals surface area contributed by atoms with E-state index in [0.717, 1.165) is 6.54 Å². The van der Waals surface area contributed by atoms with Crippen LogP contribution in [0.2, 0.25) is 0 Å². The molecule has 0 heterocycles. The van der Waals surface area contributed by atoms with Crippen LogP contribution in [0.15, 0.2) is 18.2 Å². The average molecular weight is 239 g/mol. The molecule has 17 heavy (non-hydrogen) atoms. The molecule has 0 saturated heterocycles. The highest BCUT2D eigenvalue weighted by Crippen LogP contribution is 2.24. The van der Waals surface area contributed by atoms with Gasteiger partial charge >= 0.3 is 5.97 Å². The maximum atomic E-state index is 11.0. The molecule has 0 saturated carbocycles. The molecule has 1 aromatic rings. The minimum atomic E-state index is -1.02. The SMILES string of the molecule is COc1ccc(OCCN(C)C)c(C(=O)O)c1. The fourth-order valence-corrected chi connectivity index (χ4v) is 1.27. The average Bonchev–Trinajstić information content (AvgIpc) is 2.28. The lowest BCUT2D eigenvalue weighted by Crippen LogP contribution is -2.20. The van der Waals surface area contributed by atoms with Gasteiger partial charge < -0.3 is 19.5 Å². The van der Waals surface area contributed by atoms with E-state index in [4.69, 9.17) is 14.6 Å². The van der Waals surface area contributed by atoms with E-state index in [2.05, 4.69) is 0 Å². The Morgan fingerprint density at radius 3 is 2.65 bits per heavy atom. The van der Waals surface area contributed by atoms with E-state index in [9.17, 15) is 4.79 Å². The number of nitrogens with zero attached hydrogens (tertiary/aromatic N) is 1. The van der Waals surface area contributed by atoms with E-state index in [-0.39, 0.29) is 5.56 Å². The third kappa shape index (κ3) is 3.96. The van der Waals surface area contributed by atoms with Crippen LogP contribution < -0.4 is 9.47 Å². The van der Waals surface area contributed by atoms with E-state index in [0.29, 0.717) is 18.1 Å². The monoisotopic (exact) mass is 239 g/mol. The first-order valence-electron chi connectivity index (χ1n) is 5.23. The predicted molar refractivity (Wildman–Crippen MR) is 64.0 cm³/mol. The fourth-order valence-electron chi connectivity index (χ4n) is 1.27. The Hall–Kier alpha value is -1.75. The standard InChI is InChI=1S/C12H17NO4/c1-13(2)6-7-17-11-5-4-9(16-3)8-10(11)12(14)15/h4-5,8H,6-7H2,1-3H3,(H,14,15). The van der Waals surface area contributed by atoms with Crippen LogP contribution in [0.4, 0.5) is 0 Å². The summed E-state index contributed by atoms with van der Waals surface area (Å²) in [5, 5.41) is 9.05. The van der Waals surface area contributed by atoms with Gasteiger partial charge in [0.2, 0.25) is 0 Å². The molecule has 0 aliphatic carbocycles. The molecule has 0 spiro atoms. The van der Waals surface area contributed by atoms with E-state index >= 15 is 0 Å². The van der Waals surface area contributed by atoms with Crippen LogP contribution in [0.3, 0.4) is 0 Å². The van der Waals surface area contributed by atoms with Gasteiger partial charge in [-0.15, -0.1) is 0 Å². The highest BCUT2D eigenvalue weighted by Gasteiger charge is 2.12. The van der Waals surface area contributed by atoms with E-state index in [1.807, 2.05) is 19.0 Å². The lowest BCUT2D eigenvalue weighted by molar-refractivity contribution is 0.0691. The van der Waals surface area contributed by atoms with Crippen molar-refractivity contribution in [3.8, 4) is 11.5 Å². The van der Waals surface area contributed by atoms with Crippen molar-refractivity contribution in [3.05, 3.63) is 23.8 Å². The number of carboxylic acid groups (broad SMARTS) is 1. The first-order valence-corrected chi connectivity index (χ1v) is 5.23. The first-order chi connectivity index (χ1) is 8.04. The largest absolute Gasteiger partial charge is 0.497 e. The third-order valence-corrected chi connectivity index (χ3v) is 2.21. The van der Waals surface area contributed by atoms with Crippen LogP contribution in [0, 0.1) is 0 Å². The summed E-state index contributed by atoms with van der Waals surface area (Å²) in [6.07, 6.45) is 0. The Labute approximate surface area is 101 Å². The zero-order valence-electron chi connectivity index (χ0n) is 10.3. The van der Waals surface area contributed by atoms with Crippen LogP contribution in [0.5, 0.6) is 11.5 Å². The first kappa shape index (κ1) is 13.3. The Morgan fingerprint density at radius 1 is 1.41 bits per heavy atom. The molecule has 0 aromatic heterocycles. The molecular weight excluding hydrogens is 222 g/mol. The highest BCUT2D eigenvalue weighted by atomic mass is 16.5. The van der Waals surface area contributed by atoms with Crippen LogP contribution in [0.1, 0.15) is 10.4 Å². The molecule has 5 nitrogen and oxygen atoms in total. The molecule has 0 atom stereocenters. The smallest absolute Gasteiger partial charge is 0.339 e. The van der Waals surface area contributed by atoms with E-state index in [1.54, 1.807) is 12.1 Å². The normalized spacial score (nSPS) is 10.4. The van der Waals surface area contributed by atoms with Crippen molar-refractivity contribution >= 4 is 5.97 Å². The molecule has 0 bridgehead atoms. The zero-order valence-corrected chi connectivity index (χ0v) is 10.3. The Bertz CT molecular complexity index is 390. The van der Waals surface area contributed by atoms with Crippen molar-refractivity contribution in [1.29, 1.82) is 0 Å². The number of hydrogen-bond acceptors (Lipinski definition) is 4. The lowest BCUT2D eigenvalue weighted by Gasteiger charge is -2.13. The number of carboxylic acids is 1. The molecule has 0 radical (unpaired) electrons. The minimum absolute atomic E-state index is 0.114. The van der Waals surface area contributed by atoms with Crippen LogP contribution in [0.25, 0.3) is 0 Å². The number of rotatable bonds is 6. The molecule has 5 heteroatoms. The summed E-state index contributed by atoms with van der Waals surface area (Å²) in [6, 6.07) is 4.74. The summed E-state index contributed by atoms with van der Waals surface area (Å²) in [5.41, 5.74) is 0.114. The molecule has 94 valence electrons. The molecule has 1 aromatic carbocycles. The molecule has 1 N–H and O–H groups in total. The van der Waals surface area contributed by atoms with Crippen molar-refractivity contribution in [2.24, 2.45) is 0 Å². The van der Waals surface area contributed by atoms with Crippen LogP contribution in [-0.4, -0.2) is 50.3 Å². The molecule has 0 aliphatic rings. The lowest BCUT2D eigenvalue weighted by atomic mass is 10.2. The number of methoxy groups -OCH3 is 1. The van der Waals surface area contributed by atoms with Crippen LogP contribution >= 0.6 is 0 Å². The molecule has 1 rings (SSSR count). The Kier molecular flexibility index (Phi) is 4.78. The summed E-state index contributed by atoms with van der Waals surface area (Å²) >= 11 is 0. The zero-order chi connectivity index (χ0) is 12.8. The van der Waals surface area contributed by atoms with Gasteiger partial charge in [-0.25, -0.2) is 4.79 Å². The molecule has 0 amide bonds. The van der Waals surface area contributed by atoms with E-state index < -0.39 is 5.97 Å². The summed E-state index contributed by atoms with van der Waals surface area (Å²) in [6.45, 7) is 1.17. The Balaban J connectivity index is 2.80. The van der Waals surface area contributed by atoms with Gasteiger partial charge in [-0.3, -0.25) is 0 Å². The number of carbonyl (C=O) groups is 1. The fraction of sp³-hybridized carbons (Fsp3) is 0.417. The van der Waals surface area contributed by atoms with Gasteiger partial charge in [0.05, 0.1) is 7.11 Å². The number of ether oxygens (including phenoxy) is 2. The minimum Gasteiger partial charge on any atom is -0.497 e. The summed E-state index contributed by atoms with van der Waals surface area (Å²) < 4.78 is 10.4.